The van der Waals surface area contributed by atoms with Crippen molar-refractivity contribution in [3.8, 4) is 0 Å². The maximum atomic E-state index is 5.96. The maximum absolute atomic E-state index is 5.96. The van der Waals surface area contributed by atoms with Gasteiger partial charge in [-0.1, -0.05) is 6.07 Å². The Labute approximate surface area is 72.6 Å². The van der Waals surface area contributed by atoms with Crippen molar-refractivity contribution in [1.82, 2.24) is 0 Å². The monoisotopic (exact) mass is 162 g/mol. The summed E-state index contributed by atoms with van der Waals surface area (Å²) in [6.07, 6.45) is 3.43. The Morgan fingerprint density at radius 2 is 2.17 bits per heavy atom. The minimum atomic E-state index is 0.231. The second-order valence-electron chi connectivity index (χ2n) is 3.46. The average Bonchev–Trinajstić information content (AvgIpc) is 2.04. The lowest BCUT2D eigenvalue weighted by molar-refractivity contribution is 0.571. The van der Waals surface area contributed by atoms with Gasteiger partial charge in [0.1, 0.15) is 0 Å². The summed E-state index contributed by atoms with van der Waals surface area (Å²) in [5, 5.41) is 0. The van der Waals surface area contributed by atoms with E-state index in [1.54, 1.807) is 0 Å². The Morgan fingerprint density at radius 1 is 1.33 bits per heavy atom. The highest BCUT2D eigenvalue weighted by Crippen LogP contribution is 2.28. The summed E-state index contributed by atoms with van der Waals surface area (Å²) in [6.45, 7) is 0. The number of benzene rings is 1. The summed E-state index contributed by atoms with van der Waals surface area (Å²) < 4.78 is 0. The van der Waals surface area contributed by atoms with Crippen LogP contribution in [0.25, 0.3) is 0 Å². The number of aryl methyl sites for hydroxylation is 1. The average molecular weight is 162 g/mol. The molecule has 0 aliphatic heterocycles. The largest absolute Gasteiger partial charge is 0.399 e. The fraction of sp³-hybridized carbons (Fsp3) is 0.400. The third-order valence-electron chi connectivity index (χ3n) is 2.53. The molecule has 2 rings (SSSR count). The molecule has 0 saturated heterocycles. The zero-order valence-electron chi connectivity index (χ0n) is 7.09. The van der Waals surface area contributed by atoms with Crippen molar-refractivity contribution in [3.05, 3.63) is 29.3 Å². The first-order valence-electron chi connectivity index (χ1n) is 4.41. The van der Waals surface area contributed by atoms with Crippen LogP contribution in [-0.2, 0) is 6.42 Å². The molecular formula is C10H14N2. The second kappa shape index (κ2) is 2.79. The number of hydrogen-bond donors (Lipinski definition) is 2. The van der Waals surface area contributed by atoms with Crippen molar-refractivity contribution >= 4 is 5.69 Å². The van der Waals surface area contributed by atoms with Crippen LogP contribution in [0.1, 0.15) is 30.0 Å². The Balaban J connectivity index is 2.46. The van der Waals surface area contributed by atoms with Crippen LogP contribution >= 0.6 is 0 Å². The van der Waals surface area contributed by atoms with Crippen molar-refractivity contribution in [2.45, 2.75) is 25.3 Å². The van der Waals surface area contributed by atoms with Crippen molar-refractivity contribution in [1.29, 1.82) is 0 Å². The predicted octanol–water partition coefficient (Wildman–Crippen LogP) is 1.60. The molecule has 0 aromatic heterocycles. The van der Waals surface area contributed by atoms with E-state index in [0.717, 1.165) is 18.5 Å². The first-order chi connectivity index (χ1) is 5.77. The topological polar surface area (TPSA) is 52.0 Å². The van der Waals surface area contributed by atoms with Gasteiger partial charge in [0.2, 0.25) is 0 Å². The molecule has 1 aliphatic carbocycles. The molecule has 0 radical (unpaired) electrons. The van der Waals surface area contributed by atoms with E-state index < -0.39 is 0 Å². The van der Waals surface area contributed by atoms with Gasteiger partial charge in [0, 0.05) is 11.7 Å². The van der Waals surface area contributed by atoms with Crippen LogP contribution < -0.4 is 11.5 Å². The van der Waals surface area contributed by atoms with E-state index in [4.69, 9.17) is 11.5 Å². The molecule has 4 N–H and O–H groups in total. The fourth-order valence-electron chi connectivity index (χ4n) is 1.87. The van der Waals surface area contributed by atoms with Crippen LogP contribution in [0, 0.1) is 0 Å². The molecule has 1 unspecified atom stereocenters. The number of anilines is 1. The fourth-order valence-corrected chi connectivity index (χ4v) is 1.87. The predicted molar refractivity (Wildman–Crippen MR) is 50.7 cm³/mol. The molecule has 1 aliphatic rings. The van der Waals surface area contributed by atoms with Crippen LogP contribution in [0.15, 0.2) is 18.2 Å². The lowest BCUT2D eigenvalue weighted by Gasteiger charge is -2.22. The van der Waals surface area contributed by atoms with Crippen LogP contribution in [0.5, 0.6) is 0 Å². The van der Waals surface area contributed by atoms with Gasteiger partial charge in [-0.3, -0.25) is 0 Å². The molecule has 1 atom stereocenters. The lowest BCUT2D eigenvalue weighted by Crippen LogP contribution is -2.17. The van der Waals surface area contributed by atoms with Gasteiger partial charge < -0.3 is 11.5 Å². The molecule has 0 saturated carbocycles. The van der Waals surface area contributed by atoms with E-state index in [9.17, 15) is 0 Å². The first-order valence-corrected chi connectivity index (χ1v) is 4.41. The normalized spacial score (nSPS) is 21.9. The van der Waals surface area contributed by atoms with Gasteiger partial charge in [-0.05, 0) is 42.5 Å². The number of nitrogen functional groups attached to an aromatic ring is 1. The van der Waals surface area contributed by atoms with Crippen LogP contribution in [-0.4, -0.2) is 0 Å². The molecule has 1 aromatic rings. The quantitative estimate of drug-likeness (QED) is 0.569. The van der Waals surface area contributed by atoms with E-state index in [1.807, 2.05) is 12.1 Å². The highest BCUT2D eigenvalue weighted by atomic mass is 14.6. The highest BCUT2D eigenvalue weighted by Gasteiger charge is 2.15. The third-order valence-corrected chi connectivity index (χ3v) is 2.53. The maximum Gasteiger partial charge on any atom is 0.0316 e. The molecule has 2 nitrogen and oxygen atoms in total. The molecule has 1 aromatic carbocycles. The zero-order valence-corrected chi connectivity index (χ0v) is 7.09. The van der Waals surface area contributed by atoms with Crippen molar-refractivity contribution in [2.75, 3.05) is 5.73 Å². The van der Waals surface area contributed by atoms with Crippen LogP contribution in [0.2, 0.25) is 0 Å². The molecule has 2 heteroatoms. The van der Waals surface area contributed by atoms with Gasteiger partial charge in [-0.2, -0.15) is 0 Å². The Morgan fingerprint density at radius 3 is 3.00 bits per heavy atom. The van der Waals surface area contributed by atoms with Crippen molar-refractivity contribution in [2.24, 2.45) is 5.73 Å². The minimum Gasteiger partial charge on any atom is -0.399 e. The van der Waals surface area contributed by atoms with E-state index in [1.165, 1.54) is 17.5 Å². The van der Waals surface area contributed by atoms with Gasteiger partial charge in [0.15, 0.2) is 0 Å². The first kappa shape index (κ1) is 7.62. The summed E-state index contributed by atoms with van der Waals surface area (Å²) in [6, 6.07) is 6.28. The Kier molecular flexibility index (Phi) is 1.77. The molecule has 0 bridgehead atoms. The molecule has 64 valence electrons. The number of hydrogen-bond acceptors (Lipinski definition) is 2. The van der Waals surface area contributed by atoms with E-state index in [0.29, 0.717) is 0 Å². The van der Waals surface area contributed by atoms with E-state index in [-0.39, 0.29) is 6.04 Å². The van der Waals surface area contributed by atoms with Gasteiger partial charge in [-0.25, -0.2) is 0 Å². The van der Waals surface area contributed by atoms with E-state index in [2.05, 4.69) is 6.07 Å². The lowest BCUT2D eigenvalue weighted by atomic mass is 9.88. The molecular weight excluding hydrogens is 148 g/mol. The Bertz CT molecular complexity index is 294. The van der Waals surface area contributed by atoms with Gasteiger partial charge >= 0.3 is 0 Å². The summed E-state index contributed by atoms with van der Waals surface area (Å²) in [5.74, 6) is 0. The van der Waals surface area contributed by atoms with Crippen molar-refractivity contribution in [3.63, 3.8) is 0 Å². The summed E-state index contributed by atoms with van der Waals surface area (Å²) >= 11 is 0. The Hall–Kier alpha value is -1.02. The van der Waals surface area contributed by atoms with Gasteiger partial charge in [-0.15, -0.1) is 0 Å². The number of fused-ring (bicyclic) bond motifs is 1. The number of nitrogens with two attached hydrogens (primary N) is 2. The zero-order chi connectivity index (χ0) is 8.55. The highest BCUT2D eigenvalue weighted by molar-refractivity contribution is 5.46. The van der Waals surface area contributed by atoms with Crippen molar-refractivity contribution < 1.29 is 0 Å². The van der Waals surface area contributed by atoms with Crippen LogP contribution in [0.4, 0.5) is 5.69 Å². The third kappa shape index (κ3) is 1.18. The molecule has 0 amide bonds. The van der Waals surface area contributed by atoms with Gasteiger partial charge in [0.05, 0.1) is 0 Å². The summed E-state index contributed by atoms with van der Waals surface area (Å²) in [7, 11) is 0. The SMILES string of the molecule is Nc1ccc2c(c1)CCCC2N. The standard InChI is InChI=1S/C10H14N2/c11-8-4-5-9-7(6-8)2-1-3-10(9)12/h4-6,10H,1-3,11-12H2. The van der Waals surface area contributed by atoms with E-state index >= 15 is 0 Å². The van der Waals surface area contributed by atoms with Gasteiger partial charge in [0.25, 0.3) is 0 Å². The summed E-state index contributed by atoms with van der Waals surface area (Å²) in [5.41, 5.74) is 15.1. The molecule has 0 spiro atoms. The second-order valence-corrected chi connectivity index (χ2v) is 3.46. The molecule has 12 heavy (non-hydrogen) atoms. The van der Waals surface area contributed by atoms with Crippen LogP contribution in [0.3, 0.4) is 0 Å². The molecule has 0 fully saturated rings. The smallest absolute Gasteiger partial charge is 0.0316 e. The minimum absolute atomic E-state index is 0.231. The summed E-state index contributed by atoms with van der Waals surface area (Å²) in [4.78, 5) is 0. The number of rotatable bonds is 0. The molecule has 0 heterocycles.